The number of carbonyl (C=O) groups excluding carboxylic acids is 2. The Morgan fingerprint density at radius 3 is 2.46 bits per heavy atom. The number of rotatable bonds is 4. The van der Waals surface area contributed by atoms with Crippen LogP contribution in [0.15, 0.2) is 53.1 Å². The fourth-order valence-corrected chi connectivity index (χ4v) is 4.04. The molecule has 1 saturated heterocycles. The molecule has 0 radical (unpaired) electrons. The molecule has 4 rings (SSSR count). The average molecular weight is 440 g/mol. The van der Waals surface area contributed by atoms with Crippen molar-refractivity contribution in [2.45, 2.75) is 25.8 Å². The van der Waals surface area contributed by atoms with E-state index in [-0.39, 0.29) is 5.91 Å². The first-order chi connectivity index (χ1) is 13.6. The van der Waals surface area contributed by atoms with Crippen molar-refractivity contribution in [2.24, 2.45) is 0 Å². The first-order valence-corrected chi connectivity index (χ1v) is 10.3. The van der Waals surface area contributed by atoms with Gasteiger partial charge in [-0.05, 0) is 55.8 Å². The number of carbonyl (C=O) groups is 2. The second-order valence-electron chi connectivity index (χ2n) is 7.21. The predicted molar refractivity (Wildman–Crippen MR) is 114 cm³/mol. The summed E-state index contributed by atoms with van der Waals surface area (Å²) in [5.41, 5.74) is 3.75. The van der Waals surface area contributed by atoms with Gasteiger partial charge >= 0.3 is 0 Å². The first kappa shape index (κ1) is 18.9. The van der Waals surface area contributed by atoms with E-state index in [0.717, 1.165) is 16.7 Å². The molecule has 0 spiro atoms. The highest BCUT2D eigenvalue weighted by Crippen LogP contribution is 2.27. The minimum absolute atomic E-state index is 0.375. The van der Waals surface area contributed by atoms with Gasteiger partial charge in [-0.25, -0.2) is 0 Å². The summed E-state index contributed by atoms with van der Waals surface area (Å²) in [5.74, 6) is -0.769. The Morgan fingerprint density at radius 1 is 0.964 bits per heavy atom. The molecule has 0 atom stereocenters. The molecule has 5 nitrogen and oxygen atoms in total. The van der Waals surface area contributed by atoms with Gasteiger partial charge in [-0.2, -0.15) is 0 Å². The Kier molecular flexibility index (Phi) is 5.59. The van der Waals surface area contributed by atoms with E-state index in [1.165, 1.54) is 37.9 Å². The van der Waals surface area contributed by atoms with Crippen LogP contribution in [0.5, 0.6) is 0 Å². The van der Waals surface area contributed by atoms with Gasteiger partial charge in [-0.15, -0.1) is 0 Å². The maximum atomic E-state index is 12.3. The fourth-order valence-electron chi connectivity index (χ4n) is 3.68. The van der Waals surface area contributed by atoms with Gasteiger partial charge in [0.05, 0.1) is 5.57 Å². The summed E-state index contributed by atoms with van der Waals surface area (Å²) < 4.78 is 0.798. The van der Waals surface area contributed by atoms with E-state index in [0.29, 0.717) is 16.7 Å². The zero-order valence-electron chi connectivity index (χ0n) is 15.5. The van der Waals surface area contributed by atoms with Crippen molar-refractivity contribution >= 4 is 39.0 Å². The highest BCUT2D eigenvalue weighted by Gasteiger charge is 2.27. The molecule has 2 N–H and O–H groups in total. The normalized spacial score (nSPS) is 18.7. The number of anilines is 1. The lowest BCUT2D eigenvalue weighted by molar-refractivity contribution is -0.114. The van der Waals surface area contributed by atoms with E-state index in [2.05, 4.69) is 43.6 Å². The molecule has 0 saturated carbocycles. The maximum absolute atomic E-state index is 12.3. The maximum Gasteiger partial charge on any atom is 0.260 e. The predicted octanol–water partition coefficient (Wildman–Crippen LogP) is 4.16. The molecule has 2 heterocycles. The molecule has 2 aliphatic heterocycles. The zero-order chi connectivity index (χ0) is 19.5. The van der Waals surface area contributed by atoms with Gasteiger partial charge in [0.2, 0.25) is 0 Å². The molecule has 2 aromatic rings. The molecule has 1 fully saturated rings. The van der Waals surface area contributed by atoms with Gasteiger partial charge in [0.15, 0.2) is 0 Å². The molecule has 2 aromatic carbocycles. The van der Waals surface area contributed by atoms with Crippen LogP contribution in [0.25, 0.3) is 5.57 Å². The van der Waals surface area contributed by atoms with Gasteiger partial charge < -0.3 is 5.32 Å². The van der Waals surface area contributed by atoms with Crippen LogP contribution >= 0.6 is 15.9 Å². The van der Waals surface area contributed by atoms with Crippen molar-refractivity contribution in [1.29, 1.82) is 0 Å². The quantitative estimate of drug-likeness (QED) is 0.554. The van der Waals surface area contributed by atoms with E-state index in [4.69, 9.17) is 0 Å². The molecule has 28 heavy (non-hydrogen) atoms. The fraction of sp³-hybridized carbons (Fsp3) is 0.273. The van der Waals surface area contributed by atoms with Gasteiger partial charge in [0.1, 0.15) is 0 Å². The molecule has 0 unspecified atom stereocenters. The van der Waals surface area contributed by atoms with Crippen LogP contribution in [0, 0.1) is 0 Å². The van der Waals surface area contributed by atoms with Crippen molar-refractivity contribution in [3.8, 4) is 0 Å². The van der Waals surface area contributed by atoms with Crippen LogP contribution in [0.4, 0.5) is 5.69 Å². The lowest BCUT2D eigenvalue weighted by Gasteiger charge is -2.26. The number of imide groups is 1. The van der Waals surface area contributed by atoms with E-state index in [1.54, 1.807) is 18.3 Å². The molecule has 144 valence electrons. The number of amides is 2. The van der Waals surface area contributed by atoms with Crippen molar-refractivity contribution < 1.29 is 9.59 Å². The zero-order valence-corrected chi connectivity index (χ0v) is 17.1. The van der Waals surface area contributed by atoms with Gasteiger partial charge in [0, 0.05) is 34.0 Å². The number of hydrogen-bond acceptors (Lipinski definition) is 4. The number of benzene rings is 2. The second kappa shape index (κ2) is 8.29. The lowest BCUT2D eigenvalue weighted by atomic mass is 9.95. The molecule has 2 amide bonds. The number of likely N-dealkylation sites (tertiary alicyclic amines) is 1. The summed E-state index contributed by atoms with van der Waals surface area (Å²) in [5, 5.41) is 5.58. The van der Waals surface area contributed by atoms with E-state index < -0.39 is 5.91 Å². The van der Waals surface area contributed by atoms with Crippen LogP contribution < -0.4 is 10.6 Å². The van der Waals surface area contributed by atoms with Crippen molar-refractivity contribution in [3.63, 3.8) is 0 Å². The number of fused-ring (bicyclic) bond motifs is 1. The van der Waals surface area contributed by atoms with Crippen LogP contribution in [-0.4, -0.2) is 29.8 Å². The van der Waals surface area contributed by atoms with Gasteiger partial charge in [-0.3, -0.25) is 19.8 Å². The Labute approximate surface area is 172 Å². The molecule has 0 bridgehead atoms. The monoisotopic (exact) mass is 439 g/mol. The van der Waals surface area contributed by atoms with Gasteiger partial charge in [-0.1, -0.05) is 40.5 Å². The third-order valence-electron chi connectivity index (χ3n) is 5.18. The Morgan fingerprint density at radius 2 is 1.71 bits per heavy atom. The smallest absolute Gasteiger partial charge is 0.260 e. The largest absolute Gasteiger partial charge is 0.361 e. The van der Waals surface area contributed by atoms with E-state index in [9.17, 15) is 9.59 Å². The number of nitrogens with zero attached hydrogens (tertiary/aromatic N) is 1. The van der Waals surface area contributed by atoms with E-state index in [1.807, 2.05) is 18.2 Å². The third-order valence-corrected chi connectivity index (χ3v) is 5.67. The SMILES string of the molecule is O=C1NC(=O)c2cc(Br)ccc2/C1=C/Nc1ccc(CN2CCCCC2)cc1. The highest BCUT2D eigenvalue weighted by molar-refractivity contribution is 9.10. The molecular weight excluding hydrogens is 418 g/mol. The topological polar surface area (TPSA) is 61.4 Å². The minimum atomic E-state index is -0.394. The van der Waals surface area contributed by atoms with Crippen molar-refractivity contribution in [2.75, 3.05) is 18.4 Å². The molecule has 0 aliphatic carbocycles. The summed E-state index contributed by atoms with van der Waals surface area (Å²) in [6.45, 7) is 3.33. The average Bonchev–Trinajstić information content (AvgIpc) is 2.70. The number of nitrogens with one attached hydrogen (secondary N) is 2. The molecular formula is C22H22BrN3O2. The van der Waals surface area contributed by atoms with Crippen LogP contribution in [0.3, 0.4) is 0 Å². The van der Waals surface area contributed by atoms with E-state index >= 15 is 0 Å². The molecule has 0 aromatic heterocycles. The molecule has 6 heteroatoms. The Balaban J connectivity index is 1.48. The summed E-state index contributed by atoms with van der Waals surface area (Å²) in [4.78, 5) is 26.8. The molecule has 2 aliphatic rings. The standard InChI is InChI=1S/C22H22BrN3O2/c23-16-6-9-18-19(12-16)21(27)25-22(28)20(18)13-24-17-7-4-15(5-8-17)14-26-10-2-1-3-11-26/h4-9,12-13,24H,1-3,10-11,14H2,(H,25,27,28)/b20-13-. The first-order valence-electron chi connectivity index (χ1n) is 9.54. The minimum Gasteiger partial charge on any atom is -0.361 e. The summed E-state index contributed by atoms with van der Waals surface area (Å²) in [7, 11) is 0. The van der Waals surface area contributed by atoms with Crippen LogP contribution in [0.2, 0.25) is 0 Å². The highest BCUT2D eigenvalue weighted by atomic mass is 79.9. The Hall–Kier alpha value is -2.44. The van der Waals surface area contributed by atoms with Crippen molar-refractivity contribution in [1.82, 2.24) is 10.2 Å². The lowest BCUT2D eigenvalue weighted by Crippen LogP contribution is -2.36. The second-order valence-corrected chi connectivity index (χ2v) is 8.12. The van der Waals surface area contributed by atoms with Crippen molar-refractivity contribution in [3.05, 3.63) is 69.8 Å². The number of halogens is 1. The van der Waals surface area contributed by atoms with Gasteiger partial charge in [0.25, 0.3) is 11.8 Å². The van der Waals surface area contributed by atoms with Crippen LogP contribution in [0.1, 0.15) is 40.7 Å². The summed E-state index contributed by atoms with van der Waals surface area (Å²) in [6.07, 6.45) is 5.58. The van der Waals surface area contributed by atoms with Crippen LogP contribution in [-0.2, 0) is 11.3 Å². The summed E-state index contributed by atoms with van der Waals surface area (Å²) in [6, 6.07) is 13.6. The number of piperidine rings is 1. The summed E-state index contributed by atoms with van der Waals surface area (Å²) >= 11 is 3.37. The number of hydrogen-bond donors (Lipinski definition) is 2. The third kappa shape index (κ3) is 4.18. The Bertz CT molecular complexity index is 931.